The van der Waals surface area contributed by atoms with Crippen LogP contribution >= 0.6 is 0 Å². The lowest BCUT2D eigenvalue weighted by Gasteiger charge is -2.23. The minimum absolute atomic E-state index is 0.121. The number of anilines is 1. The quantitative estimate of drug-likeness (QED) is 0.533. The number of carbonyl (C=O) groups is 1. The van der Waals surface area contributed by atoms with Crippen molar-refractivity contribution in [2.24, 2.45) is 0 Å². The molecule has 3 rings (SSSR count). The molecular formula is C25H28N2O4S. The first-order valence-electron chi connectivity index (χ1n) is 10.3. The predicted octanol–water partition coefficient (Wildman–Crippen LogP) is 3.96. The first-order valence-corrected chi connectivity index (χ1v) is 12.1. The summed E-state index contributed by atoms with van der Waals surface area (Å²) in [4.78, 5) is 12.1. The molecule has 7 heteroatoms. The fraction of sp³-hybridized carbons (Fsp3) is 0.240. The SMILES string of the molecule is Cc1ccc(CNC(=O)COc2ccc(N(Cc3ccc(C)cc3)S(C)(=O)=O)cc2)cc1. The molecule has 0 saturated heterocycles. The summed E-state index contributed by atoms with van der Waals surface area (Å²) in [5.41, 5.74) is 4.72. The number of sulfonamides is 1. The lowest BCUT2D eigenvalue weighted by molar-refractivity contribution is -0.123. The Bertz CT molecular complexity index is 1140. The molecular weight excluding hydrogens is 424 g/mol. The van der Waals surface area contributed by atoms with Gasteiger partial charge >= 0.3 is 0 Å². The van der Waals surface area contributed by atoms with Crippen LogP contribution in [-0.2, 0) is 27.9 Å². The minimum Gasteiger partial charge on any atom is -0.484 e. The summed E-state index contributed by atoms with van der Waals surface area (Å²) < 4.78 is 31.6. The van der Waals surface area contributed by atoms with Gasteiger partial charge in [0.1, 0.15) is 5.75 Å². The van der Waals surface area contributed by atoms with E-state index in [1.54, 1.807) is 24.3 Å². The number of ether oxygens (including phenoxy) is 1. The van der Waals surface area contributed by atoms with Gasteiger partial charge in [-0.05, 0) is 49.2 Å². The molecule has 0 aromatic heterocycles. The molecule has 0 heterocycles. The molecule has 0 radical (unpaired) electrons. The van der Waals surface area contributed by atoms with Crippen LogP contribution in [-0.4, -0.2) is 27.2 Å². The standard InChI is InChI=1S/C25H28N2O4S/c1-19-4-8-21(9-5-19)16-26-25(28)18-31-24-14-12-23(13-15-24)27(32(3,29)30)17-22-10-6-20(2)7-11-22/h4-15H,16-18H2,1-3H3,(H,26,28). The van der Waals surface area contributed by atoms with Crippen LogP contribution in [0.3, 0.4) is 0 Å². The van der Waals surface area contributed by atoms with Crippen LogP contribution in [0.4, 0.5) is 5.69 Å². The van der Waals surface area contributed by atoms with E-state index >= 15 is 0 Å². The molecule has 0 aliphatic carbocycles. The Morgan fingerprint density at radius 2 is 1.38 bits per heavy atom. The number of hydrogen-bond acceptors (Lipinski definition) is 4. The Hall–Kier alpha value is -3.32. The number of benzene rings is 3. The maximum Gasteiger partial charge on any atom is 0.258 e. The predicted molar refractivity (Wildman–Crippen MR) is 127 cm³/mol. The average molecular weight is 453 g/mol. The van der Waals surface area contributed by atoms with Crippen molar-refractivity contribution in [2.75, 3.05) is 17.2 Å². The molecule has 1 N–H and O–H groups in total. The van der Waals surface area contributed by atoms with E-state index in [-0.39, 0.29) is 19.1 Å². The molecule has 0 spiro atoms. The van der Waals surface area contributed by atoms with Crippen molar-refractivity contribution < 1.29 is 17.9 Å². The molecule has 0 atom stereocenters. The Morgan fingerprint density at radius 3 is 1.91 bits per heavy atom. The van der Waals surface area contributed by atoms with Crippen molar-refractivity contribution in [1.29, 1.82) is 0 Å². The minimum atomic E-state index is -3.47. The van der Waals surface area contributed by atoms with E-state index in [1.165, 1.54) is 16.1 Å². The van der Waals surface area contributed by atoms with Crippen molar-refractivity contribution in [3.63, 3.8) is 0 Å². The Balaban J connectivity index is 1.57. The van der Waals surface area contributed by atoms with Gasteiger partial charge in [0, 0.05) is 6.54 Å². The van der Waals surface area contributed by atoms with E-state index in [0.29, 0.717) is 18.0 Å². The van der Waals surface area contributed by atoms with Crippen LogP contribution in [0, 0.1) is 13.8 Å². The van der Waals surface area contributed by atoms with E-state index in [4.69, 9.17) is 4.74 Å². The van der Waals surface area contributed by atoms with Gasteiger partial charge in [0.25, 0.3) is 5.91 Å². The molecule has 0 aliphatic heterocycles. The van der Waals surface area contributed by atoms with Gasteiger partial charge in [-0.1, -0.05) is 59.7 Å². The highest BCUT2D eigenvalue weighted by molar-refractivity contribution is 7.92. The maximum atomic E-state index is 12.4. The summed E-state index contributed by atoms with van der Waals surface area (Å²) in [6, 6.07) is 22.4. The van der Waals surface area contributed by atoms with Gasteiger partial charge in [-0.3, -0.25) is 9.10 Å². The summed E-state index contributed by atoms with van der Waals surface area (Å²) in [6.45, 7) is 4.55. The van der Waals surface area contributed by atoms with Gasteiger partial charge in [-0.2, -0.15) is 0 Å². The zero-order chi connectivity index (χ0) is 23.1. The fourth-order valence-corrected chi connectivity index (χ4v) is 3.96. The number of rotatable bonds is 9. The van der Waals surface area contributed by atoms with Crippen LogP contribution in [0.15, 0.2) is 72.8 Å². The van der Waals surface area contributed by atoms with Crippen molar-refractivity contribution in [2.45, 2.75) is 26.9 Å². The van der Waals surface area contributed by atoms with Crippen molar-refractivity contribution >= 4 is 21.6 Å². The topological polar surface area (TPSA) is 75.7 Å². The third kappa shape index (κ3) is 6.85. The summed E-state index contributed by atoms with van der Waals surface area (Å²) in [7, 11) is -3.47. The van der Waals surface area contributed by atoms with Crippen molar-refractivity contribution in [3.8, 4) is 5.75 Å². The summed E-state index contributed by atoms with van der Waals surface area (Å²) in [5.74, 6) is 0.259. The number of aryl methyl sites for hydroxylation is 2. The Labute approximate surface area is 189 Å². The second kappa shape index (κ2) is 10.3. The Kier molecular flexibility index (Phi) is 7.53. The summed E-state index contributed by atoms with van der Waals surface area (Å²) >= 11 is 0. The normalized spacial score (nSPS) is 11.1. The largest absolute Gasteiger partial charge is 0.484 e. The van der Waals surface area contributed by atoms with E-state index < -0.39 is 10.0 Å². The molecule has 0 saturated carbocycles. The zero-order valence-electron chi connectivity index (χ0n) is 18.5. The van der Waals surface area contributed by atoms with Crippen LogP contribution < -0.4 is 14.4 Å². The van der Waals surface area contributed by atoms with Crippen LogP contribution in [0.25, 0.3) is 0 Å². The molecule has 0 unspecified atom stereocenters. The smallest absolute Gasteiger partial charge is 0.258 e. The zero-order valence-corrected chi connectivity index (χ0v) is 19.4. The van der Waals surface area contributed by atoms with Gasteiger partial charge < -0.3 is 10.1 Å². The van der Waals surface area contributed by atoms with E-state index in [1.807, 2.05) is 62.4 Å². The summed E-state index contributed by atoms with van der Waals surface area (Å²) in [6.07, 6.45) is 1.18. The molecule has 3 aromatic rings. The van der Waals surface area contributed by atoms with Gasteiger partial charge in [0.2, 0.25) is 10.0 Å². The van der Waals surface area contributed by atoms with Gasteiger partial charge in [0.15, 0.2) is 6.61 Å². The van der Waals surface area contributed by atoms with Crippen molar-refractivity contribution in [1.82, 2.24) is 5.32 Å². The summed E-state index contributed by atoms with van der Waals surface area (Å²) in [5, 5.41) is 2.82. The number of carbonyl (C=O) groups excluding carboxylic acids is 1. The molecule has 0 aliphatic rings. The lowest BCUT2D eigenvalue weighted by Crippen LogP contribution is -2.29. The van der Waals surface area contributed by atoms with Crippen LogP contribution in [0.2, 0.25) is 0 Å². The highest BCUT2D eigenvalue weighted by Crippen LogP contribution is 2.24. The third-order valence-electron chi connectivity index (χ3n) is 4.95. The average Bonchev–Trinajstić information content (AvgIpc) is 2.76. The molecule has 168 valence electrons. The van der Waals surface area contributed by atoms with E-state index in [0.717, 1.165) is 16.7 Å². The highest BCUT2D eigenvalue weighted by atomic mass is 32.2. The Morgan fingerprint density at radius 1 is 0.844 bits per heavy atom. The lowest BCUT2D eigenvalue weighted by atomic mass is 10.1. The molecule has 6 nitrogen and oxygen atoms in total. The number of nitrogens with zero attached hydrogens (tertiary/aromatic N) is 1. The highest BCUT2D eigenvalue weighted by Gasteiger charge is 2.18. The van der Waals surface area contributed by atoms with E-state index in [9.17, 15) is 13.2 Å². The monoisotopic (exact) mass is 452 g/mol. The molecule has 3 aromatic carbocycles. The van der Waals surface area contributed by atoms with Gasteiger partial charge in [-0.15, -0.1) is 0 Å². The van der Waals surface area contributed by atoms with Gasteiger partial charge in [0.05, 0.1) is 18.5 Å². The van der Waals surface area contributed by atoms with Crippen LogP contribution in [0.1, 0.15) is 22.3 Å². The molecule has 1 amide bonds. The number of amides is 1. The maximum absolute atomic E-state index is 12.4. The third-order valence-corrected chi connectivity index (χ3v) is 6.09. The number of hydrogen-bond donors (Lipinski definition) is 1. The first-order chi connectivity index (χ1) is 15.2. The second-order valence-corrected chi connectivity index (χ2v) is 9.71. The second-order valence-electron chi connectivity index (χ2n) is 7.80. The molecule has 0 bridgehead atoms. The fourth-order valence-electron chi connectivity index (χ4n) is 3.07. The van der Waals surface area contributed by atoms with Gasteiger partial charge in [-0.25, -0.2) is 8.42 Å². The van der Waals surface area contributed by atoms with E-state index in [2.05, 4.69) is 5.32 Å². The van der Waals surface area contributed by atoms with Crippen LogP contribution in [0.5, 0.6) is 5.75 Å². The van der Waals surface area contributed by atoms with Crippen molar-refractivity contribution in [3.05, 3.63) is 95.1 Å². The molecule has 0 fully saturated rings. The molecule has 32 heavy (non-hydrogen) atoms. The number of nitrogens with one attached hydrogen (secondary N) is 1. The first kappa shape index (κ1) is 23.3.